The summed E-state index contributed by atoms with van der Waals surface area (Å²) < 4.78 is 0. The maximum atomic E-state index is 9.75. The Bertz CT molecular complexity index is 255. The van der Waals surface area contributed by atoms with Gasteiger partial charge in [0.15, 0.2) is 0 Å². The summed E-state index contributed by atoms with van der Waals surface area (Å²) in [5, 5.41) is 12.8. The number of aliphatic hydroxyl groups is 1. The van der Waals surface area contributed by atoms with Crippen molar-refractivity contribution in [2.45, 2.75) is 39.2 Å². The van der Waals surface area contributed by atoms with E-state index in [4.69, 9.17) is 0 Å². The summed E-state index contributed by atoms with van der Waals surface area (Å²) in [5.41, 5.74) is 0.450. The molecule has 0 amide bonds. The first-order valence-corrected chi connectivity index (χ1v) is 5.05. The van der Waals surface area contributed by atoms with Gasteiger partial charge in [-0.1, -0.05) is 6.92 Å². The molecular formula is C9H15NOS. The van der Waals surface area contributed by atoms with E-state index < -0.39 is 5.60 Å². The van der Waals surface area contributed by atoms with Crippen LogP contribution >= 0.6 is 11.3 Å². The lowest BCUT2D eigenvalue weighted by atomic mass is 10.0. The van der Waals surface area contributed by atoms with Crippen molar-refractivity contribution in [2.24, 2.45) is 0 Å². The van der Waals surface area contributed by atoms with Crippen LogP contribution in [-0.2, 0) is 6.42 Å². The summed E-state index contributed by atoms with van der Waals surface area (Å²) in [7, 11) is 0. The molecule has 0 aliphatic heterocycles. The molecule has 0 aliphatic rings. The Morgan fingerprint density at radius 3 is 2.75 bits per heavy atom. The fourth-order valence-corrected chi connectivity index (χ4v) is 1.88. The lowest BCUT2D eigenvalue weighted by molar-refractivity contribution is 0.0564. The molecule has 0 spiro atoms. The van der Waals surface area contributed by atoms with Gasteiger partial charge >= 0.3 is 0 Å². The molecule has 0 aromatic carbocycles. The van der Waals surface area contributed by atoms with Gasteiger partial charge in [-0.05, 0) is 20.3 Å². The molecule has 0 bridgehead atoms. The molecule has 1 rings (SSSR count). The fourth-order valence-electron chi connectivity index (χ4n) is 0.935. The van der Waals surface area contributed by atoms with Crippen molar-refractivity contribution in [1.82, 2.24) is 4.98 Å². The van der Waals surface area contributed by atoms with Crippen molar-refractivity contribution in [2.75, 3.05) is 0 Å². The third-order valence-corrected chi connectivity index (χ3v) is 2.93. The summed E-state index contributed by atoms with van der Waals surface area (Å²) in [6.45, 7) is 5.81. The number of aryl methyl sites for hydroxylation is 1. The minimum atomic E-state index is -0.593. The van der Waals surface area contributed by atoms with Gasteiger partial charge in [0.1, 0.15) is 0 Å². The first-order chi connectivity index (χ1) is 5.53. The van der Waals surface area contributed by atoms with E-state index in [1.807, 2.05) is 26.2 Å². The number of thiazole rings is 1. The molecule has 0 aliphatic carbocycles. The van der Waals surface area contributed by atoms with Gasteiger partial charge in [0.05, 0.1) is 10.6 Å². The van der Waals surface area contributed by atoms with Crippen LogP contribution in [0.15, 0.2) is 5.38 Å². The molecule has 1 N–H and O–H groups in total. The van der Waals surface area contributed by atoms with Gasteiger partial charge in [-0.2, -0.15) is 0 Å². The molecule has 0 radical (unpaired) electrons. The molecular weight excluding hydrogens is 170 g/mol. The average Bonchev–Trinajstić information content (AvgIpc) is 2.35. The van der Waals surface area contributed by atoms with Crippen molar-refractivity contribution in [1.29, 1.82) is 0 Å². The van der Waals surface area contributed by atoms with Gasteiger partial charge in [0.2, 0.25) is 0 Å². The molecule has 1 atom stereocenters. The van der Waals surface area contributed by atoms with Crippen LogP contribution in [0.5, 0.6) is 0 Å². The van der Waals surface area contributed by atoms with E-state index in [0.29, 0.717) is 6.42 Å². The predicted octanol–water partition coefficient (Wildman–Crippen LogP) is 2.16. The summed E-state index contributed by atoms with van der Waals surface area (Å²) in [5.74, 6) is 0. The average molecular weight is 185 g/mol. The molecule has 2 nitrogen and oxygen atoms in total. The molecule has 3 heteroatoms. The molecule has 0 saturated heterocycles. The summed E-state index contributed by atoms with van der Waals surface area (Å²) in [4.78, 5) is 4.30. The Morgan fingerprint density at radius 2 is 2.33 bits per heavy atom. The largest absolute Gasteiger partial charge is 0.390 e. The number of nitrogens with zero attached hydrogens (tertiary/aromatic N) is 1. The van der Waals surface area contributed by atoms with Crippen LogP contribution in [0.25, 0.3) is 0 Å². The van der Waals surface area contributed by atoms with E-state index in [1.165, 1.54) is 0 Å². The van der Waals surface area contributed by atoms with Crippen LogP contribution in [0.4, 0.5) is 0 Å². The Morgan fingerprint density at radius 1 is 1.67 bits per heavy atom. The van der Waals surface area contributed by atoms with Crippen LogP contribution in [0.3, 0.4) is 0 Å². The number of aromatic nitrogens is 1. The third-order valence-electron chi connectivity index (χ3n) is 1.96. The smallest absolute Gasteiger partial charge is 0.0956 e. The lowest BCUT2D eigenvalue weighted by Gasteiger charge is -2.19. The zero-order chi connectivity index (χ0) is 9.19. The van der Waals surface area contributed by atoms with E-state index in [0.717, 1.165) is 17.1 Å². The molecule has 0 fully saturated rings. The number of hydrogen-bond donors (Lipinski definition) is 1. The quantitative estimate of drug-likeness (QED) is 0.782. The normalized spacial score (nSPS) is 16.0. The molecule has 1 aromatic rings. The second-order valence-corrected chi connectivity index (χ2v) is 4.35. The predicted molar refractivity (Wildman–Crippen MR) is 51.5 cm³/mol. The SMILES string of the molecule is CCC(C)(O)Cc1nc(C)cs1. The van der Waals surface area contributed by atoms with Crippen LogP contribution in [0.2, 0.25) is 0 Å². The minimum absolute atomic E-state index is 0.593. The summed E-state index contributed by atoms with van der Waals surface area (Å²) >= 11 is 1.62. The highest BCUT2D eigenvalue weighted by molar-refractivity contribution is 7.09. The lowest BCUT2D eigenvalue weighted by Crippen LogP contribution is -2.25. The van der Waals surface area contributed by atoms with E-state index in [1.54, 1.807) is 11.3 Å². The second-order valence-electron chi connectivity index (χ2n) is 3.41. The minimum Gasteiger partial charge on any atom is -0.390 e. The standard InChI is InChI=1S/C9H15NOS/c1-4-9(3,11)5-8-10-7(2)6-12-8/h6,11H,4-5H2,1-3H3. The maximum Gasteiger partial charge on any atom is 0.0956 e. The first-order valence-electron chi connectivity index (χ1n) is 4.17. The van der Waals surface area contributed by atoms with E-state index in [2.05, 4.69) is 4.98 Å². The highest BCUT2D eigenvalue weighted by Crippen LogP contribution is 2.19. The van der Waals surface area contributed by atoms with Gasteiger partial charge in [-0.25, -0.2) is 4.98 Å². The Hall–Kier alpha value is -0.410. The van der Waals surface area contributed by atoms with Gasteiger partial charge in [0, 0.05) is 17.5 Å². The highest BCUT2D eigenvalue weighted by atomic mass is 32.1. The van der Waals surface area contributed by atoms with Crippen LogP contribution < -0.4 is 0 Å². The zero-order valence-corrected chi connectivity index (χ0v) is 8.61. The third kappa shape index (κ3) is 2.57. The van der Waals surface area contributed by atoms with E-state index in [-0.39, 0.29) is 0 Å². The molecule has 1 aromatic heterocycles. The molecule has 68 valence electrons. The van der Waals surface area contributed by atoms with E-state index in [9.17, 15) is 5.11 Å². The zero-order valence-electron chi connectivity index (χ0n) is 7.79. The van der Waals surface area contributed by atoms with Crippen molar-refractivity contribution < 1.29 is 5.11 Å². The van der Waals surface area contributed by atoms with E-state index >= 15 is 0 Å². The highest BCUT2D eigenvalue weighted by Gasteiger charge is 2.19. The first kappa shape index (κ1) is 9.68. The van der Waals surface area contributed by atoms with Crippen molar-refractivity contribution >= 4 is 11.3 Å². The van der Waals surface area contributed by atoms with Gasteiger partial charge in [0.25, 0.3) is 0 Å². The van der Waals surface area contributed by atoms with Crippen molar-refractivity contribution in [3.8, 4) is 0 Å². The number of hydrogen-bond acceptors (Lipinski definition) is 3. The van der Waals surface area contributed by atoms with Gasteiger partial charge < -0.3 is 5.11 Å². The van der Waals surface area contributed by atoms with Crippen LogP contribution in [0.1, 0.15) is 31.0 Å². The molecule has 1 heterocycles. The van der Waals surface area contributed by atoms with Gasteiger partial charge in [-0.3, -0.25) is 0 Å². The summed E-state index contributed by atoms with van der Waals surface area (Å²) in [6.07, 6.45) is 1.44. The topological polar surface area (TPSA) is 33.1 Å². The number of rotatable bonds is 3. The summed E-state index contributed by atoms with van der Waals surface area (Å²) in [6, 6.07) is 0. The molecule has 1 unspecified atom stereocenters. The molecule has 12 heavy (non-hydrogen) atoms. The van der Waals surface area contributed by atoms with Crippen LogP contribution in [-0.4, -0.2) is 15.7 Å². The van der Waals surface area contributed by atoms with Crippen LogP contribution in [0, 0.1) is 6.92 Å². The second kappa shape index (κ2) is 3.54. The van der Waals surface area contributed by atoms with Crippen molar-refractivity contribution in [3.63, 3.8) is 0 Å². The Balaban J connectivity index is 2.63. The van der Waals surface area contributed by atoms with Crippen molar-refractivity contribution in [3.05, 3.63) is 16.1 Å². The molecule has 0 saturated carbocycles. The Kier molecular flexibility index (Phi) is 2.85. The van der Waals surface area contributed by atoms with Gasteiger partial charge in [-0.15, -0.1) is 11.3 Å². The Labute approximate surface area is 77.3 Å². The maximum absolute atomic E-state index is 9.75. The fraction of sp³-hybridized carbons (Fsp3) is 0.667. The monoisotopic (exact) mass is 185 g/mol.